The number of carboxylic acid groups (broad SMARTS) is 1. The summed E-state index contributed by atoms with van der Waals surface area (Å²) in [5.74, 6) is -2.28. The number of esters is 2. The minimum Gasteiger partial charge on any atom is -0.545 e. The molecule has 2 unspecified atom stereocenters. The summed E-state index contributed by atoms with van der Waals surface area (Å²) in [7, 11) is 5.93. The summed E-state index contributed by atoms with van der Waals surface area (Å²) in [6.07, 6.45) is 79.4. The highest BCUT2D eigenvalue weighted by molar-refractivity contribution is 5.70. The minimum absolute atomic E-state index is 0.147. The van der Waals surface area contributed by atoms with Gasteiger partial charge in [0.1, 0.15) is 13.2 Å². The number of quaternary nitrogens is 1. The summed E-state index contributed by atoms with van der Waals surface area (Å²) in [6, 6.07) is 0. The van der Waals surface area contributed by atoms with Crippen molar-refractivity contribution >= 4 is 17.9 Å². The maximum Gasteiger partial charge on any atom is 0.306 e. The van der Waals surface area contributed by atoms with Gasteiger partial charge in [-0.1, -0.05) is 300 Å². The van der Waals surface area contributed by atoms with Gasteiger partial charge in [0.2, 0.25) is 0 Å². The largest absolute Gasteiger partial charge is 0.545 e. The Balaban J connectivity index is 3.92. The summed E-state index contributed by atoms with van der Waals surface area (Å²) in [6.45, 7) is 4.74. The van der Waals surface area contributed by atoms with Crippen molar-refractivity contribution in [2.75, 3.05) is 47.5 Å². The standard InChI is InChI=1S/C73H135NO8/c1-6-8-10-12-14-16-18-20-22-24-25-26-27-28-29-30-31-32-33-34-35-36-37-38-39-40-41-42-43-44-45-46-47-48-50-52-54-56-58-60-62-64-71(76)82-69(68-81-73(72(77)78)79-66-65-74(3,4)5)67-80-70(75)63-61-59-57-55-53-51-49-23-21-19-17-15-13-11-9-7-2/h17-20,23-25,49,69,73H,6-16,21-22,26-48,50-68H2,1-5H3/b19-17-,20-18-,25-24-,49-23-. The van der Waals surface area contributed by atoms with Crippen LogP contribution in [0, 0.1) is 0 Å². The van der Waals surface area contributed by atoms with Gasteiger partial charge < -0.3 is 33.3 Å². The molecule has 0 rings (SSSR count). The molecule has 2 atom stereocenters. The number of carbonyl (C=O) groups is 3. The van der Waals surface area contributed by atoms with Gasteiger partial charge >= 0.3 is 11.9 Å². The maximum atomic E-state index is 12.9. The Bertz CT molecular complexity index is 1480. The van der Waals surface area contributed by atoms with Crippen molar-refractivity contribution in [1.29, 1.82) is 0 Å². The molecule has 0 spiro atoms. The van der Waals surface area contributed by atoms with Crippen LogP contribution in [0.25, 0.3) is 0 Å². The number of aliphatic carboxylic acids is 1. The average Bonchev–Trinajstić information content (AvgIpc) is 3.45. The van der Waals surface area contributed by atoms with E-state index in [9.17, 15) is 19.5 Å². The second-order valence-electron chi connectivity index (χ2n) is 25.2. The Hall–Kier alpha value is -2.75. The molecule has 0 amide bonds. The molecule has 9 nitrogen and oxygen atoms in total. The number of hydrogen-bond donors (Lipinski definition) is 0. The molecule has 0 aliphatic carbocycles. The van der Waals surface area contributed by atoms with Crippen molar-refractivity contribution in [3.8, 4) is 0 Å². The molecule has 0 fully saturated rings. The number of likely N-dealkylation sites (N-methyl/N-ethyl adjacent to an activating group) is 1. The van der Waals surface area contributed by atoms with Gasteiger partial charge in [0.15, 0.2) is 12.4 Å². The monoisotopic (exact) mass is 1150 g/mol. The molecular formula is C73H135NO8. The zero-order chi connectivity index (χ0) is 59.8. The zero-order valence-corrected chi connectivity index (χ0v) is 54.9. The molecule has 9 heteroatoms. The van der Waals surface area contributed by atoms with E-state index in [4.69, 9.17) is 18.9 Å². The summed E-state index contributed by atoms with van der Waals surface area (Å²) in [5, 5.41) is 11.8. The third-order valence-electron chi connectivity index (χ3n) is 15.8. The van der Waals surface area contributed by atoms with Crippen LogP contribution in [0.4, 0.5) is 0 Å². The molecule has 0 bridgehead atoms. The van der Waals surface area contributed by atoms with Gasteiger partial charge in [-0.2, -0.15) is 0 Å². The maximum absolute atomic E-state index is 12.9. The normalized spacial score (nSPS) is 12.9. The van der Waals surface area contributed by atoms with Crippen molar-refractivity contribution in [3.63, 3.8) is 0 Å². The highest BCUT2D eigenvalue weighted by Crippen LogP contribution is 2.18. The van der Waals surface area contributed by atoms with Gasteiger partial charge in [-0.15, -0.1) is 0 Å². The van der Waals surface area contributed by atoms with Crippen LogP contribution >= 0.6 is 0 Å². The Labute approximate surface area is 508 Å². The summed E-state index contributed by atoms with van der Waals surface area (Å²) < 4.78 is 22.7. The van der Waals surface area contributed by atoms with Gasteiger partial charge in [0.25, 0.3) is 0 Å². The molecule has 0 heterocycles. The fourth-order valence-corrected chi connectivity index (χ4v) is 10.4. The van der Waals surface area contributed by atoms with Crippen molar-refractivity contribution in [3.05, 3.63) is 48.6 Å². The smallest absolute Gasteiger partial charge is 0.306 e. The summed E-state index contributed by atoms with van der Waals surface area (Å²) in [4.78, 5) is 37.4. The lowest BCUT2D eigenvalue weighted by Crippen LogP contribution is -2.44. The van der Waals surface area contributed by atoms with E-state index < -0.39 is 24.3 Å². The Morgan fingerprint density at radius 3 is 0.976 bits per heavy atom. The number of allylic oxidation sites excluding steroid dienone is 8. The third kappa shape index (κ3) is 64.8. The first-order valence-corrected chi connectivity index (χ1v) is 35.3. The highest BCUT2D eigenvalue weighted by Gasteiger charge is 2.22. The molecular weight excluding hydrogens is 1020 g/mol. The molecule has 82 heavy (non-hydrogen) atoms. The van der Waals surface area contributed by atoms with Gasteiger partial charge in [-0.25, -0.2) is 0 Å². The Morgan fingerprint density at radius 1 is 0.366 bits per heavy atom. The molecule has 0 aromatic carbocycles. The van der Waals surface area contributed by atoms with Crippen LogP contribution in [0.3, 0.4) is 0 Å². The van der Waals surface area contributed by atoms with Gasteiger partial charge in [-0.05, 0) is 77.0 Å². The Kier molecular flexibility index (Phi) is 62.1. The quantitative estimate of drug-likeness (QED) is 0.0195. The van der Waals surface area contributed by atoms with E-state index in [1.807, 2.05) is 21.1 Å². The lowest BCUT2D eigenvalue weighted by Gasteiger charge is -2.26. The molecule has 0 radical (unpaired) electrons. The van der Waals surface area contributed by atoms with E-state index in [2.05, 4.69) is 62.5 Å². The van der Waals surface area contributed by atoms with Crippen LogP contribution in [0.15, 0.2) is 48.6 Å². The first-order valence-electron chi connectivity index (χ1n) is 35.3. The minimum atomic E-state index is -1.62. The fourth-order valence-electron chi connectivity index (χ4n) is 10.4. The Morgan fingerprint density at radius 2 is 0.659 bits per heavy atom. The molecule has 0 aromatic heterocycles. The van der Waals surface area contributed by atoms with E-state index in [1.165, 1.54) is 244 Å². The molecule has 480 valence electrons. The van der Waals surface area contributed by atoms with Crippen LogP contribution in [0.5, 0.6) is 0 Å². The summed E-state index contributed by atoms with van der Waals surface area (Å²) >= 11 is 0. The van der Waals surface area contributed by atoms with Crippen LogP contribution in [0.1, 0.15) is 341 Å². The molecule has 0 aromatic rings. The van der Waals surface area contributed by atoms with E-state index in [-0.39, 0.29) is 38.6 Å². The van der Waals surface area contributed by atoms with Crippen molar-refractivity contribution in [2.24, 2.45) is 0 Å². The molecule has 0 N–H and O–H groups in total. The van der Waals surface area contributed by atoms with E-state index in [1.54, 1.807) is 0 Å². The molecule has 0 saturated heterocycles. The van der Waals surface area contributed by atoms with Crippen LogP contribution in [-0.4, -0.2) is 82.3 Å². The summed E-state index contributed by atoms with van der Waals surface area (Å²) in [5.41, 5.74) is 0. The molecule has 0 aliphatic heterocycles. The lowest BCUT2D eigenvalue weighted by molar-refractivity contribution is -0.870. The number of ether oxygens (including phenoxy) is 4. The highest BCUT2D eigenvalue weighted by atomic mass is 16.7. The van der Waals surface area contributed by atoms with E-state index in [0.717, 1.165) is 64.2 Å². The van der Waals surface area contributed by atoms with E-state index in [0.29, 0.717) is 17.4 Å². The number of rotatable bonds is 66. The third-order valence-corrected chi connectivity index (χ3v) is 15.8. The second-order valence-corrected chi connectivity index (χ2v) is 25.2. The second kappa shape index (κ2) is 64.3. The van der Waals surface area contributed by atoms with Gasteiger partial charge in [-0.3, -0.25) is 9.59 Å². The molecule has 0 saturated carbocycles. The number of carboxylic acids is 1. The van der Waals surface area contributed by atoms with Crippen LogP contribution in [-0.2, 0) is 33.3 Å². The van der Waals surface area contributed by atoms with Crippen molar-refractivity contribution in [1.82, 2.24) is 0 Å². The number of carbonyl (C=O) groups excluding carboxylic acids is 3. The van der Waals surface area contributed by atoms with Crippen molar-refractivity contribution in [2.45, 2.75) is 354 Å². The van der Waals surface area contributed by atoms with E-state index >= 15 is 0 Å². The number of hydrogen-bond acceptors (Lipinski definition) is 8. The van der Waals surface area contributed by atoms with Crippen LogP contribution < -0.4 is 5.11 Å². The molecule has 0 aliphatic rings. The lowest BCUT2D eigenvalue weighted by atomic mass is 10.0. The number of nitrogens with zero attached hydrogens (tertiary/aromatic N) is 1. The fraction of sp³-hybridized carbons (Fsp3) is 0.849. The van der Waals surface area contributed by atoms with Crippen molar-refractivity contribution < 1.29 is 42.9 Å². The predicted molar refractivity (Wildman–Crippen MR) is 348 cm³/mol. The predicted octanol–water partition coefficient (Wildman–Crippen LogP) is 20.4. The van der Waals surface area contributed by atoms with Gasteiger partial charge in [0, 0.05) is 12.8 Å². The first kappa shape index (κ1) is 79.2. The van der Waals surface area contributed by atoms with Gasteiger partial charge in [0.05, 0.1) is 40.3 Å². The van der Waals surface area contributed by atoms with Crippen LogP contribution in [0.2, 0.25) is 0 Å². The topological polar surface area (TPSA) is 111 Å². The zero-order valence-electron chi connectivity index (χ0n) is 54.9. The average molecular weight is 1150 g/mol. The number of unbranched alkanes of at least 4 members (excludes halogenated alkanes) is 43. The first-order chi connectivity index (χ1) is 40.1. The SMILES string of the molecule is CCCCCC/C=C\C/C=C\CCCCCCCC(=O)OCC(COC(OCC[N+](C)(C)C)C(=O)[O-])OC(=O)CCCCCCCCCCCCCCCCCCCCCCCCCCCCCCC/C=C\C/C=C\CCCCCCC.